The fourth-order valence-corrected chi connectivity index (χ4v) is 2.36. The maximum Gasteiger partial charge on any atom is 0.226 e. The number of anilines is 1. The van der Waals surface area contributed by atoms with Crippen molar-refractivity contribution in [1.29, 1.82) is 0 Å². The molecular weight excluding hydrogens is 278 g/mol. The maximum atomic E-state index is 11.8. The van der Waals surface area contributed by atoms with Crippen molar-refractivity contribution in [1.82, 2.24) is 0 Å². The highest BCUT2D eigenvalue weighted by Gasteiger charge is 2.15. The number of rotatable bonds is 6. The second kappa shape index (κ2) is 7.62. The fraction of sp³-hybridized carbons (Fsp3) is 0.533. The molecule has 110 valence electrons. The van der Waals surface area contributed by atoms with Crippen LogP contribution < -0.4 is 5.32 Å². The number of benzene rings is 1. The van der Waals surface area contributed by atoms with E-state index in [1.54, 1.807) is 6.07 Å². The summed E-state index contributed by atoms with van der Waals surface area (Å²) < 4.78 is 10.9. The van der Waals surface area contributed by atoms with Crippen LogP contribution in [-0.4, -0.2) is 31.8 Å². The zero-order chi connectivity index (χ0) is 14.4. The highest BCUT2D eigenvalue weighted by molar-refractivity contribution is 6.30. The molecule has 1 aliphatic heterocycles. The molecule has 0 bridgehead atoms. The van der Waals surface area contributed by atoms with Crippen LogP contribution in [0.15, 0.2) is 18.2 Å². The first kappa shape index (κ1) is 15.3. The Kier molecular flexibility index (Phi) is 5.83. The molecule has 1 fully saturated rings. The Balaban J connectivity index is 1.67. The van der Waals surface area contributed by atoms with E-state index in [-0.39, 0.29) is 12.0 Å². The summed E-state index contributed by atoms with van der Waals surface area (Å²) in [7, 11) is 0. The Labute approximate surface area is 124 Å². The van der Waals surface area contributed by atoms with E-state index in [9.17, 15) is 4.79 Å². The second-order valence-corrected chi connectivity index (χ2v) is 5.40. The van der Waals surface area contributed by atoms with E-state index in [2.05, 4.69) is 5.32 Å². The average Bonchev–Trinajstić information content (AvgIpc) is 2.91. The first-order valence-corrected chi connectivity index (χ1v) is 7.28. The fourth-order valence-electron chi connectivity index (χ4n) is 2.14. The molecule has 1 N–H and O–H groups in total. The monoisotopic (exact) mass is 297 g/mol. The van der Waals surface area contributed by atoms with Gasteiger partial charge in [-0.05, 0) is 43.5 Å². The van der Waals surface area contributed by atoms with Crippen molar-refractivity contribution < 1.29 is 14.3 Å². The van der Waals surface area contributed by atoms with Crippen LogP contribution in [-0.2, 0) is 14.3 Å². The minimum Gasteiger partial charge on any atom is -0.378 e. The van der Waals surface area contributed by atoms with E-state index in [1.807, 2.05) is 19.1 Å². The molecule has 1 amide bonds. The van der Waals surface area contributed by atoms with Gasteiger partial charge in [-0.3, -0.25) is 4.79 Å². The van der Waals surface area contributed by atoms with Gasteiger partial charge < -0.3 is 14.8 Å². The lowest BCUT2D eigenvalue weighted by molar-refractivity contribution is -0.117. The molecule has 20 heavy (non-hydrogen) atoms. The molecule has 1 aromatic carbocycles. The van der Waals surface area contributed by atoms with Crippen LogP contribution >= 0.6 is 11.6 Å². The number of hydrogen-bond acceptors (Lipinski definition) is 3. The molecule has 2 rings (SSSR count). The molecule has 0 unspecified atom stereocenters. The van der Waals surface area contributed by atoms with E-state index in [0.717, 1.165) is 30.7 Å². The number of carbonyl (C=O) groups excluding carboxylic acids is 1. The van der Waals surface area contributed by atoms with Crippen LogP contribution in [0.3, 0.4) is 0 Å². The average molecular weight is 298 g/mol. The van der Waals surface area contributed by atoms with Crippen molar-refractivity contribution in [3.63, 3.8) is 0 Å². The minimum absolute atomic E-state index is 0.0530. The van der Waals surface area contributed by atoms with Gasteiger partial charge in [-0.2, -0.15) is 0 Å². The van der Waals surface area contributed by atoms with E-state index < -0.39 is 0 Å². The summed E-state index contributed by atoms with van der Waals surface area (Å²) >= 11 is 5.87. The van der Waals surface area contributed by atoms with Crippen molar-refractivity contribution in [3.8, 4) is 0 Å². The van der Waals surface area contributed by atoms with Crippen LogP contribution in [0, 0.1) is 6.92 Å². The largest absolute Gasteiger partial charge is 0.378 e. The number of halogens is 1. The highest BCUT2D eigenvalue weighted by atomic mass is 35.5. The van der Waals surface area contributed by atoms with E-state index in [4.69, 9.17) is 21.1 Å². The smallest absolute Gasteiger partial charge is 0.226 e. The summed E-state index contributed by atoms with van der Waals surface area (Å²) in [6, 6.07) is 5.39. The minimum atomic E-state index is -0.0530. The first-order chi connectivity index (χ1) is 9.65. The van der Waals surface area contributed by atoms with Crippen LogP contribution in [0.1, 0.15) is 24.8 Å². The molecule has 1 aliphatic rings. The maximum absolute atomic E-state index is 11.8. The summed E-state index contributed by atoms with van der Waals surface area (Å²) in [5, 5.41) is 3.52. The Hall–Kier alpha value is -1.10. The highest BCUT2D eigenvalue weighted by Crippen LogP contribution is 2.19. The third-order valence-corrected chi connectivity index (χ3v) is 3.50. The number of aryl methyl sites for hydroxylation is 1. The zero-order valence-electron chi connectivity index (χ0n) is 11.7. The second-order valence-electron chi connectivity index (χ2n) is 4.97. The Morgan fingerprint density at radius 2 is 2.40 bits per heavy atom. The van der Waals surface area contributed by atoms with Crippen LogP contribution in [0.25, 0.3) is 0 Å². The molecule has 0 aromatic heterocycles. The van der Waals surface area contributed by atoms with Gasteiger partial charge in [-0.15, -0.1) is 0 Å². The molecule has 0 aliphatic carbocycles. The topological polar surface area (TPSA) is 47.6 Å². The van der Waals surface area contributed by atoms with Crippen molar-refractivity contribution in [2.75, 3.05) is 25.1 Å². The van der Waals surface area contributed by atoms with Crippen molar-refractivity contribution >= 4 is 23.2 Å². The molecule has 0 radical (unpaired) electrons. The number of amides is 1. The van der Waals surface area contributed by atoms with Crippen molar-refractivity contribution in [2.24, 2.45) is 0 Å². The lowest BCUT2D eigenvalue weighted by Crippen LogP contribution is -2.18. The van der Waals surface area contributed by atoms with Gasteiger partial charge in [0.25, 0.3) is 0 Å². The van der Waals surface area contributed by atoms with Gasteiger partial charge in [-0.25, -0.2) is 0 Å². The molecule has 1 aromatic rings. The van der Waals surface area contributed by atoms with Gasteiger partial charge in [-0.1, -0.05) is 11.6 Å². The molecule has 1 heterocycles. The van der Waals surface area contributed by atoms with E-state index in [1.165, 1.54) is 0 Å². The molecule has 0 saturated carbocycles. The van der Waals surface area contributed by atoms with Crippen molar-refractivity contribution in [2.45, 2.75) is 32.3 Å². The van der Waals surface area contributed by atoms with E-state index in [0.29, 0.717) is 24.7 Å². The quantitative estimate of drug-likeness (QED) is 0.821. The zero-order valence-corrected chi connectivity index (χ0v) is 12.4. The summed E-state index contributed by atoms with van der Waals surface area (Å²) in [4.78, 5) is 11.8. The number of ether oxygens (including phenoxy) is 2. The molecule has 0 spiro atoms. The SMILES string of the molecule is Cc1cc(Cl)ccc1NC(=O)CCOC[C@H]1CCCO1. The number of nitrogens with one attached hydrogen (secondary N) is 1. The lowest BCUT2D eigenvalue weighted by atomic mass is 10.2. The van der Waals surface area contributed by atoms with Gasteiger partial charge in [0.15, 0.2) is 0 Å². The van der Waals surface area contributed by atoms with Crippen molar-refractivity contribution in [3.05, 3.63) is 28.8 Å². The molecule has 1 saturated heterocycles. The standard InChI is InChI=1S/C15H20ClNO3/c1-11-9-12(16)4-5-14(11)17-15(18)6-8-19-10-13-3-2-7-20-13/h4-5,9,13H,2-3,6-8,10H2,1H3,(H,17,18)/t13-/m1/s1. The van der Waals surface area contributed by atoms with Crippen LogP contribution in [0.2, 0.25) is 5.02 Å². The normalized spacial score (nSPS) is 18.2. The number of carbonyl (C=O) groups is 1. The third kappa shape index (κ3) is 4.78. The summed E-state index contributed by atoms with van der Waals surface area (Å²) in [6.07, 6.45) is 2.70. The Bertz CT molecular complexity index is 458. The van der Waals surface area contributed by atoms with Gasteiger partial charge in [0, 0.05) is 17.3 Å². The molecular formula is C15H20ClNO3. The summed E-state index contributed by atoms with van der Waals surface area (Å²) in [5.41, 5.74) is 1.74. The molecule has 4 nitrogen and oxygen atoms in total. The first-order valence-electron chi connectivity index (χ1n) is 6.90. The van der Waals surface area contributed by atoms with E-state index >= 15 is 0 Å². The van der Waals surface area contributed by atoms with Gasteiger partial charge in [0.1, 0.15) is 0 Å². The molecule has 1 atom stereocenters. The predicted molar refractivity (Wildman–Crippen MR) is 79.2 cm³/mol. The third-order valence-electron chi connectivity index (χ3n) is 3.26. The van der Waals surface area contributed by atoms with Gasteiger partial charge in [0.05, 0.1) is 25.7 Å². The lowest BCUT2D eigenvalue weighted by Gasteiger charge is -2.11. The summed E-state index contributed by atoms with van der Waals surface area (Å²) in [5.74, 6) is -0.0530. The van der Waals surface area contributed by atoms with Crippen LogP contribution in [0.5, 0.6) is 0 Å². The Morgan fingerprint density at radius 1 is 1.55 bits per heavy atom. The predicted octanol–water partition coefficient (Wildman–Crippen LogP) is 3.17. The Morgan fingerprint density at radius 3 is 3.10 bits per heavy atom. The van der Waals surface area contributed by atoms with Crippen LogP contribution in [0.4, 0.5) is 5.69 Å². The van der Waals surface area contributed by atoms with Gasteiger partial charge in [0.2, 0.25) is 5.91 Å². The molecule has 5 heteroatoms. The van der Waals surface area contributed by atoms with Gasteiger partial charge >= 0.3 is 0 Å². The number of hydrogen-bond donors (Lipinski definition) is 1. The summed E-state index contributed by atoms with van der Waals surface area (Å²) in [6.45, 7) is 3.73.